The maximum absolute atomic E-state index is 11.0. The molecule has 4 heteroatoms. The lowest BCUT2D eigenvalue weighted by Crippen LogP contribution is -2.57. The lowest BCUT2D eigenvalue weighted by atomic mass is 10.1. The van der Waals surface area contributed by atoms with Crippen molar-refractivity contribution in [1.29, 1.82) is 0 Å². The SMILES string of the molecule is CC1CNCC(C)N1Nc1ccccc1C=O. The van der Waals surface area contributed by atoms with Crippen LogP contribution in [-0.4, -0.2) is 36.5 Å². The summed E-state index contributed by atoms with van der Waals surface area (Å²) in [5.74, 6) is 0. The molecule has 4 nitrogen and oxygen atoms in total. The number of benzene rings is 1. The van der Waals surface area contributed by atoms with Gasteiger partial charge in [-0.3, -0.25) is 4.79 Å². The fourth-order valence-corrected chi connectivity index (χ4v) is 2.19. The quantitative estimate of drug-likeness (QED) is 0.777. The molecule has 92 valence electrons. The van der Waals surface area contributed by atoms with Gasteiger partial charge in [-0.15, -0.1) is 0 Å². The molecule has 1 saturated heterocycles. The van der Waals surface area contributed by atoms with Gasteiger partial charge in [-0.2, -0.15) is 0 Å². The molecule has 1 aromatic rings. The van der Waals surface area contributed by atoms with E-state index in [2.05, 4.69) is 29.6 Å². The molecular formula is C13H19N3O. The van der Waals surface area contributed by atoms with Crippen molar-refractivity contribution in [3.63, 3.8) is 0 Å². The zero-order valence-electron chi connectivity index (χ0n) is 10.3. The monoisotopic (exact) mass is 233 g/mol. The Labute approximate surface area is 102 Å². The minimum atomic E-state index is 0.401. The molecule has 0 bridgehead atoms. The van der Waals surface area contributed by atoms with Gasteiger partial charge in [0.05, 0.1) is 5.69 Å². The number of carbonyl (C=O) groups is 1. The Bertz CT molecular complexity index is 384. The molecule has 2 unspecified atom stereocenters. The van der Waals surface area contributed by atoms with Crippen molar-refractivity contribution in [2.75, 3.05) is 18.5 Å². The third-order valence-corrected chi connectivity index (χ3v) is 3.17. The average Bonchev–Trinajstić information content (AvgIpc) is 2.34. The minimum Gasteiger partial charge on any atom is -0.318 e. The Morgan fingerprint density at radius 3 is 2.59 bits per heavy atom. The first-order valence-electron chi connectivity index (χ1n) is 6.02. The van der Waals surface area contributed by atoms with E-state index in [4.69, 9.17) is 0 Å². The summed E-state index contributed by atoms with van der Waals surface area (Å²) in [5, 5.41) is 5.58. The van der Waals surface area contributed by atoms with Crippen LogP contribution in [0.15, 0.2) is 24.3 Å². The Morgan fingerprint density at radius 1 is 1.29 bits per heavy atom. The van der Waals surface area contributed by atoms with Crippen LogP contribution in [0, 0.1) is 0 Å². The number of nitrogens with one attached hydrogen (secondary N) is 2. The summed E-state index contributed by atoms with van der Waals surface area (Å²) in [6.07, 6.45) is 0.889. The number of rotatable bonds is 3. The highest BCUT2D eigenvalue weighted by Crippen LogP contribution is 2.17. The molecule has 1 aliphatic rings. The molecule has 2 atom stereocenters. The van der Waals surface area contributed by atoms with Crippen LogP contribution in [0.1, 0.15) is 24.2 Å². The van der Waals surface area contributed by atoms with Crippen LogP contribution in [0.5, 0.6) is 0 Å². The second-order valence-corrected chi connectivity index (χ2v) is 4.58. The van der Waals surface area contributed by atoms with Crippen LogP contribution in [0.2, 0.25) is 0 Å². The van der Waals surface area contributed by atoms with Gasteiger partial charge in [-0.05, 0) is 26.0 Å². The zero-order valence-corrected chi connectivity index (χ0v) is 10.3. The van der Waals surface area contributed by atoms with Gasteiger partial charge in [0.1, 0.15) is 0 Å². The van der Waals surface area contributed by atoms with Gasteiger partial charge < -0.3 is 10.7 Å². The number of para-hydroxylation sites is 1. The van der Waals surface area contributed by atoms with Gasteiger partial charge in [-0.25, -0.2) is 5.01 Å². The normalized spacial score (nSPS) is 25.5. The van der Waals surface area contributed by atoms with E-state index < -0.39 is 0 Å². The summed E-state index contributed by atoms with van der Waals surface area (Å²) < 4.78 is 0. The highest BCUT2D eigenvalue weighted by molar-refractivity contribution is 5.83. The van der Waals surface area contributed by atoms with Gasteiger partial charge >= 0.3 is 0 Å². The fraction of sp³-hybridized carbons (Fsp3) is 0.462. The first-order valence-corrected chi connectivity index (χ1v) is 6.02. The van der Waals surface area contributed by atoms with Gasteiger partial charge in [0.25, 0.3) is 0 Å². The fourth-order valence-electron chi connectivity index (χ4n) is 2.19. The molecule has 0 radical (unpaired) electrons. The summed E-state index contributed by atoms with van der Waals surface area (Å²) in [7, 11) is 0. The molecule has 2 N–H and O–H groups in total. The Hall–Kier alpha value is -1.39. The third kappa shape index (κ3) is 2.65. The molecule has 0 aliphatic carbocycles. The molecule has 0 amide bonds. The Morgan fingerprint density at radius 2 is 1.94 bits per heavy atom. The van der Waals surface area contributed by atoms with Crippen LogP contribution in [0.25, 0.3) is 0 Å². The van der Waals surface area contributed by atoms with Crippen molar-refractivity contribution >= 4 is 12.0 Å². The molecule has 0 saturated carbocycles. The average molecular weight is 233 g/mol. The van der Waals surface area contributed by atoms with Gasteiger partial charge in [0, 0.05) is 30.7 Å². The van der Waals surface area contributed by atoms with Crippen LogP contribution in [0.3, 0.4) is 0 Å². The van der Waals surface area contributed by atoms with E-state index in [9.17, 15) is 4.79 Å². The molecular weight excluding hydrogens is 214 g/mol. The molecule has 0 spiro atoms. The second-order valence-electron chi connectivity index (χ2n) is 4.58. The van der Waals surface area contributed by atoms with E-state index in [0.717, 1.165) is 25.1 Å². The van der Waals surface area contributed by atoms with Crippen molar-refractivity contribution in [2.45, 2.75) is 25.9 Å². The van der Waals surface area contributed by atoms with E-state index in [-0.39, 0.29) is 0 Å². The Kier molecular flexibility index (Phi) is 3.76. The lowest BCUT2D eigenvalue weighted by Gasteiger charge is -2.40. The van der Waals surface area contributed by atoms with E-state index in [1.807, 2.05) is 24.3 Å². The van der Waals surface area contributed by atoms with E-state index >= 15 is 0 Å². The topological polar surface area (TPSA) is 44.4 Å². The van der Waals surface area contributed by atoms with Gasteiger partial charge in [0.15, 0.2) is 6.29 Å². The molecule has 0 aromatic heterocycles. The summed E-state index contributed by atoms with van der Waals surface area (Å²) >= 11 is 0. The maximum Gasteiger partial charge on any atom is 0.152 e. The van der Waals surface area contributed by atoms with Crippen molar-refractivity contribution in [3.8, 4) is 0 Å². The van der Waals surface area contributed by atoms with E-state index in [0.29, 0.717) is 17.6 Å². The predicted octanol–water partition coefficient (Wildman–Crippen LogP) is 1.51. The van der Waals surface area contributed by atoms with Crippen LogP contribution in [-0.2, 0) is 0 Å². The molecule has 2 rings (SSSR count). The number of hydrogen-bond acceptors (Lipinski definition) is 4. The van der Waals surface area contributed by atoms with Crippen molar-refractivity contribution < 1.29 is 4.79 Å². The molecule has 1 aliphatic heterocycles. The number of aldehydes is 1. The molecule has 1 aromatic carbocycles. The standard InChI is InChI=1S/C13H19N3O/c1-10-7-14-8-11(2)16(10)15-13-6-4-3-5-12(13)9-17/h3-6,9-11,14-15H,7-8H2,1-2H3. The second kappa shape index (κ2) is 5.29. The zero-order chi connectivity index (χ0) is 12.3. The largest absolute Gasteiger partial charge is 0.318 e. The number of piperazine rings is 1. The van der Waals surface area contributed by atoms with Crippen LogP contribution >= 0.6 is 0 Å². The van der Waals surface area contributed by atoms with Gasteiger partial charge in [-0.1, -0.05) is 12.1 Å². The van der Waals surface area contributed by atoms with Crippen molar-refractivity contribution in [1.82, 2.24) is 10.3 Å². The first-order chi connectivity index (χ1) is 8.22. The third-order valence-electron chi connectivity index (χ3n) is 3.17. The number of hydrazine groups is 1. The molecule has 1 fully saturated rings. The highest BCUT2D eigenvalue weighted by atomic mass is 16.1. The summed E-state index contributed by atoms with van der Waals surface area (Å²) in [6.45, 7) is 6.25. The van der Waals surface area contributed by atoms with E-state index in [1.165, 1.54) is 0 Å². The molecule has 1 heterocycles. The smallest absolute Gasteiger partial charge is 0.152 e. The number of nitrogens with zero attached hydrogens (tertiary/aromatic N) is 1. The number of hydrogen-bond donors (Lipinski definition) is 2. The van der Waals surface area contributed by atoms with Gasteiger partial charge in [0.2, 0.25) is 0 Å². The molecule has 17 heavy (non-hydrogen) atoms. The van der Waals surface area contributed by atoms with Crippen molar-refractivity contribution in [3.05, 3.63) is 29.8 Å². The lowest BCUT2D eigenvalue weighted by molar-refractivity contribution is 0.112. The maximum atomic E-state index is 11.0. The number of carbonyl (C=O) groups excluding carboxylic acids is 1. The van der Waals surface area contributed by atoms with Crippen LogP contribution in [0.4, 0.5) is 5.69 Å². The predicted molar refractivity (Wildman–Crippen MR) is 69.1 cm³/mol. The first kappa shape index (κ1) is 12.1. The van der Waals surface area contributed by atoms with Crippen LogP contribution < -0.4 is 10.7 Å². The Balaban J connectivity index is 2.16. The van der Waals surface area contributed by atoms with Crippen molar-refractivity contribution in [2.24, 2.45) is 0 Å². The summed E-state index contributed by atoms with van der Waals surface area (Å²) in [6, 6.07) is 8.38. The van der Waals surface area contributed by atoms with E-state index in [1.54, 1.807) is 0 Å². The number of anilines is 1. The highest BCUT2D eigenvalue weighted by Gasteiger charge is 2.24. The summed E-state index contributed by atoms with van der Waals surface area (Å²) in [4.78, 5) is 11.0. The minimum absolute atomic E-state index is 0.401. The summed E-state index contributed by atoms with van der Waals surface area (Å²) in [5.41, 5.74) is 4.94.